The summed E-state index contributed by atoms with van der Waals surface area (Å²) >= 11 is 0. The Balaban J connectivity index is 1.85. The van der Waals surface area contributed by atoms with E-state index in [0.29, 0.717) is 6.10 Å². The zero-order valence-electron chi connectivity index (χ0n) is 11.5. The van der Waals surface area contributed by atoms with Crippen molar-refractivity contribution in [2.75, 3.05) is 0 Å². The van der Waals surface area contributed by atoms with Gasteiger partial charge in [0.15, 0.2) is 0 Å². The van der Waals surface area contributed by atoms with Crippen LogP contribution in [-0.4, -0.2) is 11.1 Å². The van der Waals surface area contributed by atoms with Crippen molar-refractivity contribution >= 4 is 0 Å². The van der Waals surface area contributed by atoms with Crippen LogP contribution in [0.5, 0.6) is 5.75 Å². The van der Waals surface area contributed by atoms with E-state index in [0.717, 1.165) is 35.4 Å². The fourth-order valence-corrected chi connectivity index (χ4v) is 2.18. The van der Waals surface area contributed by atoms with E-state index in [-0.39, 0.29) is 6.04 Å². The van der Waals surface area contributed by atoms with Crippen molar-refractivity contribution in [1.82, 2.24) is 10.4 Å². The molecule has 0 aliphatic heterocycles. The first kappa shape index (κ1) is 13.1. The molecular formula is C16H19N3O. The van der Waals surface area contributed by atoms with Crippen LogP contribution < -0.4 is 16.0 Å². The first-order valence-electron chi connectivity index (χ1n) is 6.91. The molecule has 1 unspecified atom stereocenters. The molecule has 1 atom stereocenters. The Labute approximate surface area is 119 Å². The lowest BCUT2D eigenvalue weighted by Crippen LogP contribution is -2.29. The van der Waals surface area contributed by atoms with Crippen LogP contribution in [0.4, 0.5) is 0 Å². The normalized spacial score (nSPS) is 15.9. The molecule has 1 aromatic carbocycles. The minimum Gasteiger partial charge on any atom is -0.490 e. The smallest absolute Gasteiger partial charge is 0.120 e. The summed E-state index contributed by atoms with van der Waals surface area (Å²) in [5.74, 6) is 6.63. The molecular weight excluding hydrogens is 250 g/mol. The molecule has 3 N–H and O–H groups in total. The molecule has 1 fully saturated rings. The molecule has 20 heavy (non-hydrogen) atoms. The van der Waals surface area contributed by atoms with Crippen LogP contribution in [-0.2, 0) is 0 Å². The quantitative estimate of drug-likeness (QED) is 0.646. The topological polar surface area (TPSA) is 60.2 Å². The van der Waals surface area contributed by atoms with E-state index in [2.05, 4.69) is 10.4 Å². The summed E-state index contributed by atoms with van der Waals surface area (Å²) in [4.78, 5) is 4.33. The van der Waals surface area contributed by atoms with Crippen LogP contribution in [0.25, 0.3) is 0 Å². The van der Waals surface area contributed by atoms with E-state index in [1.807, 2.05) is 49.5 Å². The van der Waals surface area contributed by atoms with Crippen molar-refractivity contribution in [2.24, 2.45) is 5.84 Å². The lowest BCUT2D eigenvalue weighted by Gasteiger charge is -2.17. The van der Waals surface area contributed by atoms with Gasteiger partial charge in [0.1, 0.15) is 5.75 Å². The number of aryl methyl sites for hydroxylation is 1. The van der Waals surface area contributed by atoms with Gasteiger partial charge >= 0.3 is 0 Å². The molecule has 2 aromatic rings. The van der Waals surface area contributed by atoms with Crippen LogP contribution in [0.15, 0.2) is 42.6 Å². The predicted molar refractivity (Wildman–Crippen MR) is 78.2 cm³/mol. The molecule has 1 aliphatic carbocycles. The van der Waals surface area contributed by atoms with Crippen LogP contribution in [0.3, 0.4) is 0 Å². The Hall–Kier alpha value is -1.91. The summed E-state index contributed by atoms with van der Waals surface area (Å²) in [5, 5.41) is 0. The Morgan fingerprint density at radius 1 is 1.25 bits per heavy atom. The third-order valence-electron chi connectivity index (χ3n) is 3.45. The number of nitrogens with two attached hydrogens (primary N) is 1. The van der Waals surface area contributed by atoms with Crippen LogP contribution in [0.2, 0.25) is 0 Å². The third-order valence-corrected chi connectivity index (χ3v) is 3.45. The average Bonchev–Trinajstić information content (AvgIpc) is 3.26. The highest BCUT2D eigenvalue weighted by atomic mass is 16.5. The Morgan fingerprint density at radius 2 is 2.10 bits per heavy atom. The van der Waals surface area contributed by atoms with Crippen LogP contribution in [0.1, 0.15) is 35.7 Å². The molecule has 4 nitrogen and oxygen atoms in total. The molecule has 3 rings (SSSR count). The van der Waals surface area contributed by atoms with Gasteiger partial charge in [-0.2, -0.15) is 0 Å². The molecule has 0 radical (unpaired) electrons. The monoisotopic (exact) mass is 269 g/mol. The zero-order valence-corrected chi connectivity index (χ0v) is 11.5. The van der Waals surface area contributed by atoms with Gasteiger partial charge in [-0.25, -0.2) is 5.43 Å². The van der Waals surface area contributed by atoms with E-state index in [9.17, 15) is 0 Å². The average molecular weight is 269 g/mol. The van der Waals surface area contributed by atoms with Gasteiger partial charge in [0.25, 0.3) is 0 Å². The standard InChI is InChI=1S/C16H19N3O/c1-11-5-6-13(10-18-11)16(19-17)12-3-2-4-15(9-12)20-14-7-8-14/h2-6,9-10,14,16,19H,7-8,17H2,1H3. The highest BCUT2D eigenvalue weighted by Gasteiger charge is 2.23. The molecule has 0 amide bonds. The van der Waals surface area contributed by atoms with E-state index in [1.165, 1.54) is 0 Å². The minimum atomic E-state index is -0.0779. The molecule has 1 heterocycles. The molecule has 4 heteroatoms. The van der Waals surface area contributed by atoms with Crippen LogP contribution in [0, 0.1) is 6.92 Å². The van der Waals surface area contributed by atoms with Crippen molar-refractivity contribution in [3.8, 4) is 5.75 Å². The highest BCUT2D eigenvalue weighted by molar-refractivity contribution is 5.36. The van der Waals surface area contributed by atoms with Gasteiger partial charge in [-0.1, -0.05) is 18.2 Å². The van der Waals surface area contributed by atoms with Gasteiger partial charge in [0.05, 0.1) is 12.1 Å². The maximum Gasteiger partial charge on any atom is 0.120 e. The van der Waals surface area contributed by atoms with Gasteiger partial charge in [-0.05, 0) is 49.1 Å². The number of benzene rings is 1. The minimum absolute atomic E-state index is 0.0779. The predicted octanol–water partition coefficient (Wildman–Crippen LogP) is 2.48. The number of hydrazine groups is 1. The van der Waals surface area contributed by atoms with E-state index < -0.39 is 0 Å². The summed E-state index contributed by atoms with van der Waals surface area (Å²) in [6, 6.07) is 12.0. The van der Waals surface area contributed by atoms with Crippen molar-refractivity contribution in [2.45, 2.75) is 31.9 Å². The second kappa shape index (κ2) is 5.61. The maximum absolute atomic E-state index is 5.83. The largest absolute Gasteiger partial charge is 0.490 e. The Kier molecular flexibility index (Phi) is 3.67. The summed E-state index contributed by atoms with van der Waals surface area (Å²) in [6.07, 6.45) is 4.57. The Morgan fingerprint density at radius 3 is 2.75 bits per heavy atom. The number of hydrogen-bond donors (Lipinski definition) is 2. The first-order chi connectivity index (χ1) is 9.76. The summed E-state index contributed by atoms with van der Waals surface area (Å²) in [7, 11) is 0. The highest BCUT2D eigenvalue weighted by Crippen LogP contribution is 2.29. The van der Waals surface area contributed by atoms with E-state index in [1.54, 1.807) is 0 Å². The lowest BCUT2D eigenvalue weighted by atomic mass is 10.0. The van der Waals surface area contributed by atoms with E-state index >= 15 is 0 Å². The van der Waals surface area contributed by atoms with Gasteiger partial charge < -0.3 is 4.74 Å². The third kappa shape index (κ3) is 2.98. The maximum atomic E-state index is 5.83. The van der Waals surface area contributed by atoms with Crippen molar-refractivity contribution in [3.63, 3.8) is 0 Å². The first-order valence-corrected chi connectivity index (χ1v) is 6.91. The second-order valence-corrected chi connectivity index (χ2v) is 5.22. The van der Waals surface area contributed by atoms with E-state index in [4.69, 9.17) is 10.6 Å². The van der Waals surface area contributed by atoms with Gasteiger partial charge in [0, 0.05) is 11.9 Å². The number of pyridine rings is 1. The fraction of sp³-hybridized carbons (Fsp3) is 0.312. The fourth-order valence-electron chi connectivity index (χ4n) is 2.18. The molecule has 0 bridgehead atoms. The summed E-state index contributed by atoms with van der Waals surface area (Å²) in [5.41, 5.74) is 5.97. The number of hydrogen-bond acceptors (Lipinski definition) is 4. The second-order valence-electron chi connectivity index (χ2n) is 5.22. The van der Waals surface area contributed by atoms with Crippen LogP contribution >= 0.6 is 0 Å². The Bertz CT molecular complexity index is 579. The molecule has 1 aliphatic rings. The number of aromatic nitrogens is 1. The van der Waals surface area contributed by atoms with Crippen molar-refractivity contribution in [3.05, 3.63) is 59.4 Å². The summed E-state index contributed by atoms with van der Waals surface area (Å²) < 4.78 is 5.83. The number of nitrogens with zero attached hydrogens (tertiary/aromatic N) is 1. The van der Waals surface area contributed by atoms with Gasteiger partial charge in [0.2, 0.25) is 0 Å². The van der Waals surface area contributed by atoms with Gasteiger partial charge in [-0.15, -0.1) is 0 Å². The number of rotatable bonds is 5. The number of ether oxygens (including phenoxy) is 1. The zero-order chi connectivity index (χ0) is 13.9. The molecule has 1 aromatic heterocycles. The molecule has 0 saturated heterocycles. The summed E-state index contributed by atoms with van der Waals surface area (Å²) in [6.45, 7) is 1.97. The lowest BCUT2D eigenvalue weighted by molar-refractivity contribution is 0.302. The van der Waals surface area contributed by atoms with Crippen molar-refractivity contribution in [1.29, 1.82) is 0 Å². The molecule has 1 saturated carbocycles. The molecule has 104 valence electrons. The van der Waals surface area contributed by atoms with Gasteiger partial charge in [-0.3, -0.25) is 10.8 Å². The van der Waals surface area contributed by atoms with Crippen molar-refractivity contribution < 1.29 is 4.74 Å². The molecule has 0 spiro atoms. The number of nitrogens with one attached hydrogen (secondary N) is 1. The SMILES string of the molecule is Cc1ccc(C(NN)c2cccc(OC3CC3)c2)cn1.